The van der Waals surface area contributed by atoms with Gasteiger partial charge in [0.05, 0.1) is 6.04 Å². The fraction of sp³-hybridized carbons (Fsp3) is 0.250. The average Bonchev–Trinajstić information content (AvgIpc) is 2.44. The molecule has 0 amide bonds. The molecule has 1 unspecified atom stereocenters. The lowest BCUT2D eigenvalue weighted by Gasteiger charge is -2.27. The quantitative estimate of drug-likeness (QED) is 0.788. The predicted octanol–water partition coefficient (Wildman–Crippen LogP) is 5.41. The first kappa shape index (κ1) is 13.1. The molecular formula is C16H16BrNS. The summed E-state index contributed by atoms with van der Waals surface area (Å²) < 4.78 is 1.17. The molecule has 19 heavy (non-hydrogen) atoms. The van der Waals surface area contributed by atoms with Crippen molar-refractivity contribution in [1.29, 1.82) is 0 Å². The first-order valence-corrected chi connectivity index (χ1v) is 8.27. The average molecular weight is 334 g/mol. The third-order valence-corrected chi connectivity index (χ3v) is 5.66. The fourth-order valence-corrected chi connectivity index (χ4v) is 3.94. The summed E-state index contributed by atoms with van der Waals surface area (Å²) in [6.45, 7) is 2.12. The van der Waals surface area contributed by atoms with E-state index in [0.717, 1.165) is 0 Å². The fourth-order valence-electron chi connectivity index (χ4n) is 2.44. The van der Waals surface area contributed by atoms with Gasteiger partial charge >= 0.3 is 0 Å². The van der Waals surface area contributed by atoms with Crippen LogP contribution in [0.25, 0.3) is 0 Å². The van der Waals surface area contributed by atoms with Gasteiger partial charge in [-0.05, 0) is 52.5 Å². The van der Waals surface area contributed by atoms with Gasteiger partial charge in [-0.25, -0.2) is 0 Å². The van der Waals surface area contributed by atoms with Crippen molar-refractivity contribution < 1.29 is 0 Å². The Morgan fingerprint density at radius 3 is 2.89 bits per heavy atom. The van der Waals surface area contributed by atoms with Crippen molar-refractivity contribution >= 4 is 33.4 Å². The summed E-state index contributed by atoms with van der Waals surface area (Å²) in [6, 6.07) is 15.5. The van der Waals surface area contributed by atoms with Crippen LogP contribution in [0.4, 0.5) is 5.69 Å². The van der Waals surface area contributed by atoms with Gasteiger partial charge in [0.2, 0.25) is 0 Å². The highest BCUT2D eigenvalue weighted by Gasteiger charge is 2.20. The minimum Gasteiger partial charge on any atom is -0.377 e. The topological polar surface area (TPSA) is 12.0 Å². The molecule has 0 saturated carbocycles. The molecule has 1 atom stereocenters. The molecule has 98 valence electrons. The van der Waals surface area contributed by atoms with Crippen molar-refractivity contribution in [1.82, 2.24) is 0 Å². The van der Waals surface area contributed by atoms with Crippen LogP contribution < -0.4 is 5.32 Å². The zero-order valence-corrected chi connectivity index (χ0v) is 13.2. The van der Waals surface area contributed by atoms with E-state index in [1.165, 1.54) is 38.4 Å². The standard InChI is InChI=1S/C16H16BrNS/c1-11-5-4-7-14(16(11)17)18-13-9-10-19-15-8-3-2-6-12(13)15/h2-8,13,18H,9-10H2,1H3. The summed E-state index contributed by atoms with van der Waals surface area (Å²) in [7, 11) is 0. The highest BCUT2D eigenvalue weighted by Crippen LogP contribution is 2.39. The van der Waals surface area contributed by atoms with Crippen LogP contribution in [0.15, 0.2) is 51.8 Å². The van der Waals surface area contributed by atoms with Crippen molar-refractivity contribution in [2.45, 2.75) is 24.3 Å². The lowest BCUT2D eigenvalue weighted by atomic mass is 10.0. The van der Waals surface area contributed by atoms with E-state index in [1.807, 2.05) is 11.8 Å². The normalized spacial score (nSPS) is 17.9. The number of aryl methyl sites for hydroxylation is 1. The molecule has 0 spiro atoms. The summed E-state index contributed by atoms with van der Waals surface area (Å²) in [5.41, 5.74) is 3.88. The molecule has 0 aromatic heterocycles. The Kier molecular flexibility index (Phi) is 3.85. The minimum atomic E-state index is 0.413. The smallest absolute Gasteiger partial charge is 0.0533 e. The van der Waals surface area contributed by atoms with Crippen molar-refractivity contribution in [3.05, 3.63) is 58.1 Å². The number of nitrogens with one attached hydrogen (secondary N) is 1. The molecule has 1 aliphatic rings. The third-order valence-electron chi connectivity index (χ3n) is 3.48. The Labute approximate surface area is 126 Å². The van der Waals surface area contributed by atoms with Gasteiger partial charge < -0.3 is 5.32 Å². The second kappa shape index (κ2) is 5.59. The third kappa shape index (κ3) is 2.67. The number of benzene rings is 2. The molecule has 0 fully saturated rings. The van der Waals surface area contributed by atoms with Crippen LogP contribution in [-0.4, -0.2) is 5.75 Å². The monoisotopic (exact) mass is 333 g/mol. The van der Waals surface area contributed by atoms with Crippen molar-refractivity contribution in [3.8, 4) is 0 Å². The van der Waals surface area contributed by atoms with Crippen molar-refractivity contribution in [3.63, 3.8) is 0 Å². The molecule has 0 radical (unpaired) electrons. The maximum Gasteiger partial charge on any atom is 0.0533 e. The van der Waals surface area contributed by atoms with Gasteiger partial charge in [-0.3, -0.25) is 0 Å². The van der Waals surface area contributed by atoms with Crippen LogP contribution in [0.1, 0.15) is 23.6 Å². The molecule has 0 aliphatic carbocycles. The number of hydrogen-bond donors (Lipinski definition) is 1. The van der Waals surface area contributed by atoms with Crippen LogP contribution in [0.3, 0.4) is 0 Å². The number of rotatable bonds is 2. The van der Waals surface area contributed by atoms with Gasteiger partial charge in [0.15, 0.2) is 0 Å². The van der Waals surface area contributed by atoms with Crippen LogP contribution in [0.5, 0.6) is 0 Å². The van der Waals surface area contributed by atoms with Gasteiger partial charge in [-0.15, -0.1) is 11.8 Å². The van der Waals surface area contributed by atoms with Crippen molar-refractivity contribution in [2.24, 2.45) is 0 Å². The van der Waals surface area contributed by atoms with Gasteiger partial charge in [0.1, 0.15) is 0 Å². The summed E-state index contributed by atoms with van der Waals surface area (Å²) in [5, 5.41) is 3.69. The van der Waals surface area contributed by atoms with E-state index in [2.05, 4.69) is 70.6 Å². The maximum absolute atomic E-state index is 3.69. The largest absolute Gasteiger partial charge is 0.377 e. The molecule has 3 heteroatoms. The van der Waals surface area contributed by atoms with E-state index in [-0.39, 0.29) is 0 Å². The van der Waals surface area contributed by atoms with E-state index >= 15 is 0 Å². The summed E-state index contributed by atoms with van der Waals surface area (Å²) in [4.78, 5) is 1.41. The molecule has 1 N–H and O–H groups in total. The van der Waals surface area contributed by atoms with Gasteiger partial charge in [-0.2, -0.15) is 0 Å². The lowest BCUT2D eigenvalue weighted by Crippen LogP contribution is -2.16. The highest BCUT2D eigenvalue weighted by atomic mass is 79.9. The number of anilines is 1. The molecule has 1 nitrogen and oxygen atoms in total. The Morgan fingerprint density at radius 2 is 2.00 bits per heavy atom. The molecule has 0 saturated heterocycles. The molecule has 3 rings (SSSR count). The Hall–Kier alpha value is -0.930. The van der Waals surface area contributed by atoms with Gasteiger partial charge in [0.25, 0.3) is 0 Å². The van der Waals surface area contributed by atoms with Crippen LogP contribution in [-0.2, 0) is 0 Å². The number of fused-ring (bicyclic) bond motifs is 1. The van der Waals surface area contributed by atoms with Crippen LogP contribution in [0, 0.1) is 6.92 Å². The van der Waals surface area contributed by atoms with Crippen LogP contribution in [0.2, 0.25) is 0 Å². The SMILES string of the molecule is Cc1cccc(NC2CCSc3ccccc32)c1Br. The molecule has 2 aromatic carbocycles. The Bertz CT molecular complexity index is 597. The van der Waals surface area contributed by atoms with E-state index < -0.39 is 0 Å². The predicted molar refractivity (Wildman–Crippen MR) is 87.0 cm³/mol. The van der Waals surface area contributed by atoms with E-state index in [1.54, 1.807) is 0 Å². The summed E-state index contributed by atoms with van der Waals surface area (Å²) in [5.74, 6) is 1.18. The lowest BCUT2D eigenvalue weighted by molar-refractivity contribution is 0.728. The van der Waals surface area contributed by atoms with Crippen molar-refractivity contribution in [2.75, 3.05) is 11.1 Å². The molecule has 1 heterocycles. The molecule has 1 aliphatic heterocycles. The summed E-state index contributed by atoms with van der Waals surface area (Å²) in [6.07, 6.45) is 1.17. The number of thioether (sulfide) groups is 1. The van der Waals surface area contributed by atoms with E-state index in [9.17, 15) is 0 Å². The first-order valence-electron chi connectivity index (χ1n) is 6.49. The highest BCUT2D eigenvalue weighted by molar-refractivity contribution is 9.10. The number of hydrogen-bond acceptors (Lipinski definition) is 2. The zero-order chi connectivity index (χ0) is 13.2. The minimum absolute atomic E-state index is 0.413. The maximum atomic E-state index is 3.69. The van der Waals surface area contributed by atoms with E-state index in [4.69, 9.17) is 0 Å². The Morgan fingerprint density at radius 1 is 1.16 bits per heavy atom. The van der Waals surface area contributed by atoms with E-state index in [0.29, 0.717) is 6.04 Å². The number of halogens is 1. The first-order chi connectivity index (χ1) is 9.25. The zero-order valence-electron chi connectivity index (χ0n) is 10.8. The Balaban J connectivity index is 1.91. The second-order valence-electron chi connectivity index (χ2n) is 4.81. The summed E-state index contributed by atoms with van der Waals surface area (Å²) >= 11 is 5.64. The molecular weight excluding hydrogens is 318 g/mol. The van der Waals surface area contributed by atoms with Crippen LogP contribution >= 0.6 is 27.7 Å². The molecule has 0 bridgehead atoms. The second-order valence-corrected chi connectivity index (χ2v) is 6.74. The molecule has 2 aromatic rings. The van der Waals surface area contributed by atoms with Gasteiger partial charge in [-0.1, -0.05) is 30.3 Å². The van der Waals surface area contributed by atoms with Gasteiger partial charge in [0, 0.05) is 20.8 Å².